The highest BCUT2D eigenvalue weighted by Crippen LogP contribution is 2.31. The van der Waals surface area contributed by atoms with Crippen LogP contribution in [0.25, 0.3) is 0 Å². The molecule has 0 atom stereocenters. The average molecular weight is 226 g/mol. The number of alkyl halides is 1. The van der Waals surface area contributed by atoms with E-state index in [1.807, 2.05) is 18.2 Å². The van der Waals surface area contributed by atoms with Crippen LogP contribution in [-0.2, 0) is 11.2 Å². The third-order valence-electron chi connectivity index (χ3n) is 2.49. The highest BCUT2D eigenvalue weighted by molar-refractivity contribution is 6.18. The van der Waals surface area contributed by atoms with Crippen molar-refractivity contribution in [2.45, 2.75) is 6.42 Å². The van der Waals surface area contributed by atoms with Gasteiger partial charge in [0.15, 0.2) is 6.61 Å². The van der Waals surface area contributed by atoms with Crippen LogP contribution in [0.3, 0.4) is 0 Å². The van der Waals surface area contributed by atoms with Crippen LogP contribution in [0.2, 0.25) is 0 Å². The Morgan fingerprint density at radius 2 is 2.33 bits per heavy atom. The first-order chi connectivity index (χ1) is 7.22. The van der Waals surface area contributed by atoms with Crippen molar-refractivity contribution >= 4 is 23.2 Å². The fourth-order valence-electron chi connectivity index (χ4n) is 1.58. The van der Waals surface area contributed by atoms with Crippen molar-refractivity contribution in [2.75, 3.05) is 24.4 Å². The third-order valence-corrected chi connectivity index (χ3v) is 2.68. The minimum atomic E-state index is -0.0227. The van der Waals surface area contributed by atoms with Crippen LogP contribution in [0.4, 0.5) is 5.69 Å². The number of aryl methyl sites for hydroxylation is 1. The van der Waals surface area contributed by atoms with Crippen LogP contribution in [0.15, 0.2) is 18.2 Å². The minimum Gasteiger partial charge on any atom is -0.482 e. The molecule has 0 radical (unpaired) electrons. The van der Waals surface area contributed by atoms with Crippen molar-refractivity contribution in [3.63, 3.8) is 0 Å². The second-order valence-corrected chi connectivity index (χ2v) is 3.86. The Bertz CT molecular complexity index is 392. The standard InChI is InChI=1S/C11H12ClNO2/c1-13-9-6-8(4-5-12)2-3-10(9)15-7-11(13)14/h2-3,6H,4-5,7H2,1H3. The van der Waals surface area contributed by atoms with Gasteiger partial charge in [0, 0.05) is 12.9 Å². The predicted molar refractivity (Wildman–Crippen MR) is 59.8 cm³/mol. The molecule has 2 rings (SSSR count). The molecule has 0 saturated carbocycles. The molecule has 1 heterocycles. The number of hydrogen-bond acceptors (Lipinski definition) is 2. The van der Waals surface area contributed by atoms with Crippen LogP contribution in [0.1, 0.15) is 5.56 Å². The van der Waals surface area contributed by atoms with Crippen molar-refractivity contribution in [1.82, 2.24) is 0 Å². The molecule has 0 N–H and O–H groups in total. The molecule has 0 saturated heterocycles. The Hall–Kier alpha value is -1.22. The van der Waals surface area contributed by atoms with E-state index >= 15 is 0 Å². The molecule has 1 amide bonds. The normalized spacial score (nSPS) is 14.8. The summed E-state index contributed by atoms with van der Waals surface area (Å²) in [5.74, 6) is 1.32. The molecule has 1 aliphatic rings. The highest BCUT2D eigenvalue weighted by atomic mass is 35.5. The van der Waals surface area contributed by atoms with Gasteiger partial charge in [-0.05, 0) is 24.1 Å². The maximum absolute atomic E-state index is 11.4. The molecular weight excluding hydrogens is 214 g/mol. The number of nitrogens with zero attached hydrogens (tertiary/aromatic N) is 1. The Balaban J connectivity index is 2.36. The van der Waals surface area contributed by atoms with Crippen molar-refractivity contribution in [1.29, 1.82) is 0 Å². The van der Waals surface area contributed by atoms with Gasteiger partial charge in [-0.3, -0.25) is 4.79 Å². The van der Waals surface area contributed by atoms with E-state index in [0.29, 0.717) is 5.88 Å². The van der Waals surface area contributed by atoms with E-state index in [1.165, 1.54) is 0 Å². The third kappa shape index (κ3) is 1.92. The number of anilines is 1. The average Bonchev–Trinajstić information content (AvgIpc) is 2.25. The second kappa shape index (κ2) is 4.11. The van der Waals surface area contributed by atoms with Gasteiger partial charge in [0.05, 0.1) is 5.69 Å². The van der Waals surface area contributed by atoms with Crippen molar-refractivity contribution < 1.29 is 9.53 Å². The number of benzene rings is 1. The van der Waals surface area contributed by atoms with Gasteiger partial charge in [-0.15, -0.1) is 11.6 Å². The molecule has 1 aromatic rings. The van der Waals surface area contributed by atoms with Crippen LogP contribution in [0, 0.1) is 0 Å². The van der Waals surface area contributed by atoms with Gasteiger partial charge < -0.3 is 9.64 Å². The number of amides is 1. The topological polar surface area (TPSA) is 29.5 Å². The van der Waals surface area contributed by atoms with Crippen LogP contribution >= 0.6 is 11.6 Å². The largest absolute Gasteiger partial charge is 0.482 e. The number of ether oxygens (including phenoxy) is 1. The second-order valence-electron chi connectivity index (χ2n) is 3.48. The van der Waals surface area contributed by atoms with E-state index in [9.17, 15) is 4.79 Å². The van der Waals surface area contributed by atoms with Crippen molar-refractivity contribution in [3.8, 4) is 5.75 Å². The summed E-state index contributed by atoms with van der Waals surface area (Å²) in [7, 11) is 1.76. The van der Waals surface area contributed by atoms with E-state index in [4.69, 9.17) is 16.3 Å². The lowest BCUT2D eigenvalue weighted by atomic mass is 10.1. The molecule has 4 heteroatoms. The lowest BCUT2D eigenvalue weighted by Gasteiger charge is -2.26. The number of likely N-dealkylation sites (N-methyl/N-ethyl adjacent to an activating group) is 1. The maximum atomic E-state index is 11.4. The van der Waals surface area contributed by atoms with E-state index in [0.717, 1.165) is 23.4 Å². The molecule has 1 aliphatic heterocycles. The summed E-state index contributed by atoms with van der Waals surface area (Å²) in [6, 6.07) is 5.82. The van der Waals surface area contributed by atoms with E-state index in [2.05, 4.69) is 0 Å². The van der Waals surface area contributed by atoms with Gasteiger partial charge in [-0.2, -0.15) is 0 Å². The summed E-state index contributed by atoms with van der Waals surface area (Å²) in [6.07, 6.45) is 0.802. The Morgan fingerprint density at radius 3 is 3.07 bits per heavy atom. The summed E-state index contributed by atoms with van der Waals surface area (Å²) in [6.45, 7) is 0.123. The molecule has 0 fully saturated rings. The van der Waals surface area contributed by atoms with E-state index < -0.39 is 0 Å². The summed E-state index contributed by atoms with van der Waals surface area (Å²) in [4.78, 5) is 13.0. The Kier molecular flexibility index (Phi) is 2.82. The van der Waals surface area contributed by atoms with E-state index in [-0.39, 0.29) is 12.5 Å². The van der Waals surface area contributed by atoms with Gasteiger partial charge in [-0.25, -0.2) is 0 Å². The first kappa shape index (κ1) is 10.3. The minimum absolute atomic E-state index is 0.0227. The van der Waals surface area contributed by atoms with Crippen molar-refractivity contribution in [2.24, 2.45) is 0 Å². The van der Waals surface area contributed by atoms with Crippen molar-refractivity contribution in [3.05, 3.63) is 23.8 Å². The summed E-state index contributed by atoms with van der Waals surface area (Å²) in [5, 5.41) is 0. The fourth-order valence-corrected chi connectivity index (χ4v) is 1.80. The molecule has 80 valence electrons. The lowest BCUT2D eigenvalue weighted by Crippen LogP contribution is -2.35. The van der Waals surface area contributed by atoms with Gasteiger partial charge in [0.25, 0.3) is 5.91 Å². The SMILES string of the molecule is CN1C(=O)COc2ccc(CCCl)cc21. The maximum Gasteiger partial charge on any atom is 0.264 e. The Morgan fingerprint density at radius 1 is 1.53 bits per heavy atom. The predicted octanol–water partition coefficient (Wildman–Crippen LogP) is 1.82. The fraction of sp³-hybridized carbons (Fsp3) is 0.364. The number of carbonyl (C=O) groups excluding carboxylic acids is 1. The molecular formula is C11H12ClNO2. The summed E-state index contributed by atoms with van der Waals surface area (Å²) in [5.41, 5.74) is 1.95. The van der Waals surface area contributed by atoms with Gasteiger partial charge in [-0.1, -0.05) is 6.07 Å². The van der Waals surface area contributed by atoms with Crippen LogP contribution in [-0.4, -0.2) is 25.4 Å². The van der Waals surface area contributed by atoms with E-state index in [1.54, 1.807) is 11.9 Å². The number of rotatable bonds is 2. The summed E-state index contributed by atoms with van der Waals surface area (Å²) >= 11 is 5.67. The first-order valence-electron chi connectivity index (χ1n) is 4.80. The summed E-state index contributed by atoms with van der Waals surface area (Å²) < 4.78 is 5.32. The monoisotopic (exact) mass is 225 g/mol. The molecule has 3 nitrogen and oxygen atoms in total. The molecule has 0 aromatic heterocycles. The van der Waals surface area contributed by atoms with Gasteiger partial charge >= 0.3 is 0 Å². The first-order valence-corrected chi connectivity index (χ1v) is 5.34. The van der Waals surface area contributed by atoms with Crippen LogP contribution in [0.5, 0.6) is 5.75 Å². The van der Waals surface area contributed by atoms with Gasteiger partial charge in [0.2, 0.25) is 0 Å². The molecule has 0 spiro atoms. The zero-order valence-corrected chi connectivity index (χ0v) is 9.25. The molecule has 15 heavy (non-hydrogen) atoms. The molecule has 0 aliphatic carbocycles. The lowest BCUT2D eigenvalue weighted by molar-refractivity contribution is -0.120. The molecule has 0 unspecified atom stereocenters. The zero-order valence-electron chi connectivity index (χ0n) is 8.50. The highest BCUT2D eigenvalue weighted by Gasteiger charge is 2.21. The number of fused-ring (bicyclic) bond motifs is 1. The quantitative estimate of drug-likeness (QED) is 0.719. The van der Waals surface area contributed by atoms with Crippen LogP contribution < -0.4 is 9.64 Å². The molecule has 0 bridgehead atoms. The molecule has 1 aromatic carbocycles. The number of hydrogen-bond donors (Lipinski definition) is 0. The van der Waals surface area contributed by atoms with Gasteiger partial charge in [0.1, 0.15) is 5.75 Å². The smallest absolute Gasteiger partial charge is 0.264 e. The number of carbonyl (C=O) groups is 1. The Labute approximate surface area is 93.6 Å². The zero-order chi connectivity index (χ0) is 10.8. The number of halogens is 1.